The summed E-state index contributed by atoms with van der Waals surface area (Å²) in [5, 5.41) is 31.2. The van der Waals surface area contributed by atoms with E-state index in [0.717, 1.165) is 0 Å². The first-order chi connectivity index (χ1) is 24.9. The summed E-state index contributed by atoms with van der Waals surface area (Å²) < 4.78 is 0. The van der Waals surface area contributed by atoms with E-state index in [1.165, 1.54) is 24.3 Å². The van der Waals surface area contributed by atoms with Crippen molar-refractivity contribution >= 4 is 47.3 Å². The second-order valence-electron chi connectivity index (χ2n) is 12.8. The molecule has 288 valence electrons. The summed E-state index contributed by atoms with van der Waals surface area (Å²) in [7, 11) is 0. The first-order valence-electron chi connectivity index (χ1n) is 16.8. The molecule has 0 unspecified atom stereocenters. The third kappa shape index (κ3) is 16.2. The molecule has 0 fully saturated rings. The summed E-state index contributed by atoms with van der Waals surface area (Å²) in [6.45, 7) is 2.82. The van der Waals surface area contributed by atoms with Gasteiger partial charge in [0.1, 0.15) is 36.5 Å². The predicted molar refractivity (Wildman–Crippen MR) is 190 cm³/mol. The zero-order valence-corrected chi connectivity index (χ0v) is 29.5. The second kappa shape index (κ2) is 21.4. The Bertz CT molecular complexity index is 1600. The highest BCUT2D eigenvalue weighted by Crippen LogP contribution is 2.14. The largest absolute Gasteiger partial charge is 0.508 e. The Morgan fingerprint density at radius 3 is 1.62 bits per heavy atom. The first-order valence-corrected chi connectivity index (χ1v) is 16.8. The van der Waals surface area contributed by atoms with Crippen molar-refractivity contribution in [1.29, 1.82) is 0 Å². The van der Waals surface area contributed by atoms with E-state index in [1.807, 2.05) is 0 Å². The molecule has 53 heavy (non-hydrogen) atoms. The van der Waals surface area contributed by atoms with Gasteiger partial charge in [-0.3, -0.25) is 38.4 Å². The Kier molecular flexibility index (Phi) is 17.4. The summed E-state index contributed by atoms with van der Waals surface area (Å²) in [6.07, 6.45) is -1.19. The molecule has 0 aliphatic carbocycles. The average molecular weight is 741 g/mol. The number of phenolic OH excluding ortho intramolecular Hbond substituents is 1. The summed E-state index contributed by atoms with van der Waals surface area (Å²) in [4.78, 5) is 101. The maximum atomic E-state index is 14.0. The van der Waals surface area contributed by atoms with Gasteiger partial charge in [0.2, 0.25) is 41.4 Å². The van der Waals surface area contributed by atoms with E-state index in [4.69, 9.17) is 22.3 Å². The number of carboxylic acid groups (broad SMARTS) is 1. The number of carbonyl (C=O) groups excluding carboxylic acids is 7. The molecule has 0 heterocycles. The van der Waals surface area contributed by atoms with Crippen molar-refractivity contribution in [1.82, 2.24) is 26.6 Å². The van der Waals surface area contributed by atoms with Gasteiger partial charge < -0.3 is 54.0 Å². The van der Waals surface area contributed by atoms with Crippen LogP contribution >= 0.6 is 0 Å². The molecule has 0 aromatic heterocycles. The monoisotopic (exact) mass is 740 g/mol. The number of nitrogens with two attached hydrogens (primary N) is 3. The summed E-state index contributed by atoms with van der Waals surface area (Å²) in [6, 6.07) is 7.64. The number of amides is 7. The fraction of sp³-hybridized carbons (Fsp3) is 0.429. The molecule has 2 aromatic carbocycles. The minimum absolute atomic E-state index is 0.0522. The molecule has 0 saturated carbocycles. The smallest absolute Gasteiger partial charge is 0.322 e. The molecule has 2 rings (SSSR count). The van der Waals surface area contributed by atoms with E-state index in [0.29, 0.717) is 11.1 Å². The molecule has 13 N–H and O–H groups in total. The lowest BCUT2D eigenvalue weighted by Gasteiger charge is -2.27. The summed E-state index contributed by atoms with van der Waals surface area (Å²) in [5.41, 5.74) is 17.3. The van der Waals surface area contributed by atoms with E-state index >= 15 is 0 Å². The highest BCUT2D eigenvalue weighted by molar-refractivity contribution is 5.97. The van der Waals surface area contributed by atoms with E-state index < -0.39 is 90.5 Å². The molecule has 5 atom stereocenters. The van der Waals surface area contributed by atoms with Crippen molar-refractivity contribution in [2.45, 2.75) is 82.6 Å². The van der Waals surface area contributed by atoms with Gasteiger partial charge in [0.25, 0.3) is 0 Å². The Morgan fingerprint density at radius 2 is 1.13 bits per heavy atom. The number of aromatic hydroxyl groups is 1. The lowest BCUT2D eigenvalue weighted by molar-refractivity contribution is -0.138. The van der Waals surface area contributed by atoms with Crippen LogP contribution in [0.3, 0.4) is 0 Å². The number of carboxylic acids is 1. The minimum atomic E-state index is -1.40. The number of primary amides is 2. The van der Waals surface area contributed by atoms with Gasteiger partial charge in [-0.25, -0.2) is 0 Å². The predicted octanol–water partition coefficient (Wildman–Crippen LogP) is -2.17. The standard InChI is InChI=1S/C35H48N8O10/c1-19(2)14-25(41-31(49)23(36)17-29(38)46)33(51)42-27(16-21-8-10-22(44)11-9-21)35(53)43-26(15-20-6-4-3-5-7-20)34(52)40-24(12-13-28(37)45)32(50)39-18-30(47)48/h3-11,19,23-27,44H,12-18,36H2,1-2H3,(H2,37,45)(H2,38,46)(H,39,50)(H,40,52)(H,41,49)(H,42,51)(H,43,53)(H,47,48)/t23-,24-,25-,26-,27-/m0/s1. The van der Waals surface area contributed by atoms with Gasteiger partial charge in [-0.15, -0.1) is 0 Å². The van der Waals surface area contributed by atoms with Crippen LogP contribution in [0.25, 0.3) is 0 Å². The SMILES string of the molecule is CC(C)C[C@H](NC(=O)[C@@H](N)CC(N)=O)C(=O)N[C@@H](Cc1ccc(O)cc1)C(=O)N[C@@H](Cc1ccccc1)C(=O)N[C@@H](CCC(N)=O)C(=O)NCC(=O)O. The highest BCUT2D eigenvalue weighted by atomic mass is 16.4. The molecule has 0 saturated heterocycles. The van der Waals surface area contributed by atoms with Gasteiger partial charge in [0, 0.05) is 19.3 Å². The number of phenols is 1. The van der Waals surface area contributed by atoms with E-state index in [1.54, 1.807) is 44.2 Å². The lowest BCUT2D eigenvalue weighted by atomic mass is 9.99. The van der Waals surface area contributed by atoms with Crippen molar-refractivity contribution in [3.05, 3.63) is 65.7 Å². The number of hydrogen-bond donors (Lipinski definition) is 10. The number of rotatable bonds is 22. The average Bonchev–Trinajstić information content (AvgIpc) is 3.08. The normalized spacial score (nSPS) is 13.7. The van der Waals surface area contributed by atoms with Crippen molar-refractivity contribution in [3.63, 3.8) is 0 Å². The maximum absolute atomic E-state index is 14.0. The van der Waals surface area contributed by atoms with Gasteiger partial charge in [0.05, 0.1) is 12.5 Å². The van der Waals surface area contributed by atoms with Crippen LogP contribution in [0.4, 0.5) is 0 Å². The van der Waals surface area contributed by atoms with Crippen LogP contribution in [0.5, 0.6) is 5.75 Å². The van der Waals surface area contributed by atoms with E-state index in [9.17, 15) is 43.5 Å². The zero-order chi connectivity index (χ0) is 39.7. The second-order valence-corrected chi connectivity index (χ2v) is 12.8. The fourth-order valence-electron chi connectivity index (χ4n) is 5.09. The number of hydrogen-bond acceptors (Lipinski definition) is 10. The van der Waals surface area contributed by atoms with Gasteiger partial charge in [-0.2, -0.15) is 0 Å². The van der Waals surface area contributed by atoms with Gasteiger partial charge >= 0.3 is 5.97 Å². The topological polar surface area (TPSA) is 315 Å². The molecular weight excluding hydrogens is 692 g/mol. The van der Waals surface area contributed by atoms with Crippen LogP contribution in [0.1, 0.15) is 50.7 Å². The van der Waals surface area contributed by atoms with Crippen LogP contribution < -0.4 is 43.8 Å². The van der Waals surface area contributed by atoms with Crippen LogP contribution in [0.15, 0.2) is 54.6 Å². The molecular formula is C35H48N8O10. The van der Waals surface area contributed by atoms with Gasteiger partial charge in [-0.1, -0.05) is 56.3 Å². The molecule has 18 heteroatoms. The number of nitrogens with one attached hydrogen (secondary N) is 5. The van der Waals surface area contributed by atoms with Crippen LogP contribution in [0.2, 0.25) is 0 Å². The third-order valence-corrected chi connectivity index (χ3v) is 7.75. The van der Waals surface area contributed by atoms with Crippen LogP contribution in [0, 0.1) is 5.92 Å². The van der Waals surface area contributed by atoms with Gasteiger partial charge in [-0.05, 0) is 42.0 Å². The number of benzene rings is 2. The molecule has 2 aromatic rings. The number of aliphatic carboxylic acids is 1. The van der Waals surface area contributed by atoms with Crippen molar-refractivity contribution in [2.75, 3.05) is 6.54 Å². The van der Waals surface area contributed by atoms with E-state index in [-0.39, 0.29) is 43.8 Å². The first kappa shape index (κ1) is 43.1. The van der Waals surface area contributed by atoms with E-state index in [2.05, 4.69) is 26.6 Å². The van der Waals surface area contributed by atoms with Crippen molar-refractivity contribution in [3.8, 4) is 5.75 Å². The number of carbonyl (C=O) groups is 8. The summed E-state index contributed by atoms with van der Waals surface area (Å²) in [5.74, 6) is -7.34. The Labute approximate surface area is 306 Å². The molecule has 0 spiro atoms. The molecule has 0 aliphatic heterocycles. The fourth-order valence-corrected chi connectivity index (χ4v) is 5.09. The quantitative estimate of drug-likeness (QED) is 0.0619. The van der Waals surface area contributed by atoms with Crippen LogP contribution in [-0.2, 0) is 51.2 Å². The summed E-state index contributed by atoms with van der Waals surface area (Å²) >= 11 is 0. The zero-order valence-electron chi connectivity index (χ0n) is 29.5. The van der Waals surface area contributed by atoms with Crippen molar-refractivity contribution < 1.29 is 48.6 Å². The molecule has 0 bridgehead atoms. The lowest BCUT2D eigenvalue weighted by Crippen LogP contribution is -2.60. The Morgan fingerprint density at radius 1 is 0.642 bits per heavy atom. The Hall–Kier alpha value is -6.04. The maximum Gasteiger partial charge on any atom is 0.322 e. The molecule has 0 radical (unpaired) electrons. The third-order valence-electron chi connectivity index (χ3n) is 7.75. The minimum Gasteiger partial charge on any atom is -0.508 e. The Balaban J connectivity index is 2.45. The highest BCUT2D eigenvalue weighted by Gasteiger charge is 2.33. The van der Waals surface area contributed by atoms with Crippen molar-refractivity contribution in [2.24, 2.45) is 23.1 Å². The molecule has 18 nitrogen and oxygen atoms in total. The molecule has 0 aliphatic rings. The van der Waals surface area contributed by atoms with Crippen LogP contribution in [-0.4, -0.2) is 94.3 Å². The van der Waals surface area contributed by atoms with Gasteiger partial charge in [0.15, 0.2) is 0 Å². The molecule has 7 amide bonds.